The van der Waals surface area contributed by atoms with E-state index in [4.69, 9.17) is 4.74 Å². The summed E-state index contributed by atoms with van der Waals surface area (Å²) in [7, 11) is 1.65. The van der Waals surface area contributed by atoms with Gasteiger partial charge in [0.1, 0.15) is 11.4 Å². The average Bonchev–Trinajstić information content (AvgIpc) is 3.06. The van der Waals surface area contributed by atoms with Gasteiger partial charge in [-0.1, -0.05) is 18.2 Å². The Hall–Kier alpha value is -2.82. The molecule has 2 N–H and O–H groups in total. The topological polar surface area (TPSA) is 62.8 Å². The predicted octanol–water partition coefficient (Wildman–Crippen LogP) is 3.09. The molecule has 0 saturated carbocycles. The Morgan fingerprint density at radius 1 is 1.19 bits per heavy atom. The van der Waals surface area contributed by atoms with E-state index >= 15 is 0 Å². The van der Waals surface area contributed by atoms with Crippen LogP contribution in [0.1, 0.15) is 5.69 Å². The van der Waals surface area contributed by atoms with Crippen LogP contribution in [0.5, 0.6) is 5.75 Å². The molecule has 0 unspecified atom stereocenters. The number of pyridine rings is 1. The van der Waals surface area contributed by atoms with E-state index in [0.29, 0.717) is 6.54 Å². The maximum atomic E-state index is 5.40. The minimum absolute atomic E-state index is 0.673. The standard InChI is InChI=1S/C16H16N4O/c1-21-15-7-4-8-18-16(15)13-5-2-3-6-14(13)19-10-12-9-17-11-20-12/h2-9,11,19H,10H2,1H3,(H,17,20). The van der Waals surface area contributed by atoms with Gasteiger partial charge >= 0.3 is 0 Å². The second kappa shape index (κ2) is 6.09. The van der Waals surface area contributed by atoms with Crippen molar-refractivity contribution in [2.75, 3.05) is 12.4 Å². The highest BCUT2D eigenvalue weighted by Gasteiger charge is 2.10. The average molecular weight is 280 g/mol. The summed E-state index contributed by atoms with van der Waals surface area (Å²) < 4.78 is 5.40. The van der Waals surface area contributed by atoms with Gasteiger partial charge in [0.2, 0.25) is 0 Å². The maximum absolute atomic E-state index is 5.40. The van der Waals surface area contributed by atoms with Crippen molar-refractivity contribution in [3.05, 3.63) is 60.8 Å². The number of hydrogen-bond acceptors (Lipinski definition) is 4. The van der Waals surface area contributed by atoms with Crippen molar-refractivity contribution in [1.29, 1.82) is 0 Å². The first-order valence-electron chi connectivity index (χ1n) is 6.68. The number of ether oxygens (including phenoxy) is 1. The van der Waals surface area contributed by atoms with E-state index in [2.05, 4.69) is 20.3 Å². The van der Waals surface area contributed by atoms with Gasteiger partial charge in [0, 0.05) is 23.6 Å². The molecular weight excluding hydrogens is 264 g/mol. The number of para-hydroxylation sites is 1. The number of nitrogens with one attached hydrogen (secondary N) is 2. The largest absolute Gasteiger partial charge is 0.494 e. The Bertz CT molecular complexity index is 710. The molecule has 0 saturated heterocycles. The zero-order chi connectivity index (χ0) is 14.5. The fourth-order valence-electron chi connectivity index (χ4n) is 2.17. The van der Waals surface area contributed by atoms with Gasteiger partial charge in [-0.05, 0) is 18.2 Å². The van der Waals surface area contributed by atoms with Crippen LogP contribution in [-0.4, -0.2) is 22.1 Å². The van der Waals surface area contributed by atoms with E-state index in [1.54, 1.807) is 25.8 Å². The van der Waals surface area contributed by atoms with Crippen LogP contribution in [0.2, 0.25) is 0 Å². The van der Waals surface area contributed by atoms with Crippen LogP contribution >= 0.6 is 0 Å². The van der Waals surface area contributed by atoms with Crippen molar-refractivity contribution in [1.82, 2.24) is 15.0 Å². The lowest BCUT2D eigenvalue weighted by Gasteiger charge is -2.13. The molecule has 1 aromatic carbocycles. The number of aromatic amines is 1. The summed E-state index contributed by atoms with van der Waals surface area (Å²) in [5, 5.41) is 3.40. The smallest absolute Gasteiger partial charge is 0.145 e. The second-order valence-corrected chi connectivity index (χ2v) is 4.53. The Morgan fingerprint density at radius 2 is 2.10 bits per heavy atom. The summed E-state index contributed by atoms with van der Waals surface area (Å²) in [6, 6.07) is 11.8. The molecule has 5 heteroatoms. The number of methoxy groups -OCH3 is 1. The molecule has 5 nitrogen and oxygen atoms in total. The first-order chi connectivity index (χ1) is 10.4. The third kappa shape index (κ3) is 2.86. The lowest BCUT2D eigenvalue weighted by Crippen LogP contribution is -2.02. The zero-order valence-electron chi connectivity index (χ0n) is 11.7. The maximum Gasteiger partial charge on any atom is 0.145 e. The summed E-state index contributed by atoms with van der Waals surface area (Å²) in [6.07, 6.45) is 5.24. The Kier molecular flexibility index (Phi) is 3.82. The SMILES string of the molecule is COc1cccnc1-c1ccccc1NCc1cnc[nH]1. The van der Waals surface area contributed by atoms with Crippen molar-refractivity contribution >= 4 is 5.69 Å². The first-order valence-corrected chi connectivity index (χ1v) is 6.68. The molecule has 0 spiro atoms. The van der Waals surface area contributed by atoms with Crippen molar-refractivity contribution < 1.29 is 4.74 Å². The zero-order valence-corrected chi connectivity index (χ0v) is 11.7. The third-order valence-electron chi connectivity index (χ3n) is 3.20. The summed E-state index contributed by atoms with van der Waals surface area (Å²) >= 11 is 0. The number of H-pyrrole nitrogens is 1. The number of imidazole rings is 1. The quantitative estimate of drug-likeness (QED) is 0.754. The van der Waals surface area contributed by atoms with Gasteiger partial charge < -0.3 is 15.0 Å². The van der Waals surface area contributed by atoms with E-state index < -0.39 is 0 Å². The van der Waals surface area contributed by atoms with Crippen LogP contribution in [0.3, 0.4) is 0 Å². The molecule has 21 heavy (non-hydrogen) atoms. The van der Waals surface area contributed by atoms with Gasteiger partial charge in [0.05, 0.1) is 25.7 Å². The summed E-state index contributed by atoms with van der Waals surface area (Å²) in [6.45, 7) is 0.673. The Balaban J connectivity index is 1.92. The third-order valence-corrected chi connectivity index (χ3v) is 3.20. The van der Waals surface area contributed by atoms with Crippen LogP contribution in [0.15, 0.2) is 55.1 Å². The van der Waals surface area contributed by atoms with Gasteiger partial charge in [0.25, 0.3) is 0 Å². The number of nitrogens with zero attached hydrogens (tertiary/aromatic N) is 2. The molecule has 0 atom stereocenters. The lowest BCUT2D eigenvalue weighted by atomic mass is 10.1. The van der Waals surface area contributed by atoms with Gasteiger partial charge in [0.15, 0.2) is 0 Å². The Labute approximate surface area is 123 Å². The minimum atomic E-state index is 0.673. The highest BCUT2D eigenvalue weighted by atomic mass is 16.5. The number of rotatable bonds is 5. The van der Waals surface area contributed by atoms with E-state index in [9.17, 15) is 0 Å². The molecule has 0 bridgehead atoms. The molecule has 3 aromatic rings. The van der Waals surface area contributed by atoms with Crippen LogP contribution in [-0.2, 0) is 6.54 Å². The number of anilines is 1. The number of benzene rings is 1. The van der Waals surface area contributed by atoms with Crippen molar-refractivity contribution in [2.24, 2.45) is 0 Å². The molecule has 0 aliphatic heterocycles. The number of hydrogen-bond donors (Lipinski definition) is 2. The summed E-state index contributed by atoms with van der Waals surface area (Å²) in [4.78, 5) is 11.5. The lowest BCUT2D eigenvalue weighted by molar-refractivity contribution is 0.415. The monoisotopic (exact) mass is 280 g/mol. The molecule has 2 heterocycles. The first kappa shape index (κ1) is 13.2. The minimum Gasteiger partial charge on any atom is -0.494 e. The Morgan fingerprint density at radius 3 is 2.90 bits per heavy atom. The molecule has 106 valence electrons. The highest BCUT2D eigenvalue weighted by molar-refractivity contribution is 5.78. The molecule has 2 aromatic heterocycles. The van der Waals surface area contributed by atoms with Crippen molar-refractivity contribution in [3.63, 3.8) is 0 Å². The predicted molar refractivity (Wildman–Crippen MR) is 82.1 cm³/mol. The molecule has 0 aliphatic rings. The van der Waals surface area contributed by atoms with Crippen LogP contribution in [0.25, 0.3) is 11.3 Å². The van der Waals surface area contributed by atoms with Crippen LogP contribution < -0.4 is 10.1 Å². The van der Waals surface area contributed by atoms with E-state index in [-0.39, 0.29) is 0 Å². The normalized spacial score (nSPS) is 10.3. The fourth-order valence-corrected chi connectivity index (χ4v) is 2.17. The summed E-state index contributed by atoms with van der Waals surface area (Å²) in [5.74, 6) is 0.758. The molecular formula is C16H16N4O. The fraction of sp³-hybridized carbons (Fsp3) is 0.125. The van der Waals surface area contributed by atoms with E-state index in [1.807, 2.05) is 36.4 Å². The van der Waals surface area contributed by atoms with E-state index in [1.165, 1.54) is 0 Å². The van der Waals surface area contributed by atoms with E-state index in [0.717, 1.165) is 28.4 Å². The van der Waals surface area contributed by atoms with Gasteiger partial charge in [-0.15, -0.1) is 0 Å². The molecule has 3 rings (SSSR count). The van der Waals surface area contributed by atoms with Crippen molar-refractivity contribution in [2.45, 2.75) is 6.54 Å². The molecule has 0 radical (unpaired) electrons. The van der Waals surface area contributed by atoms with Gasteiger partial charge in [-0.25, -0.2) is 4.98 Å². The van der Waals surface area contributed by atoms with Crippen LogP contribution in [0.4, 0.5) is 5.69 Å². The summed E-state index contributed by atoms with van der Waals surface area (Å²) in [5.41, 5.74) is 3.86. The molecule has 0 amide bonds. The van der Waals surface area contributed by atoms with Gasteiger partial charge in [-0.3, -0.25) is 4.98 Å². The molecule has 0 aliphatic carbocycles. The van der Waals surface area contributed by atoms with Crippen LogP contribution in [0, 0.1) is 0 Å². The highest BCUT2D eigenvalue weighted by Crippen LogP contribution is 2.32. The van der Waals surface area contributed by atoms with Crippen molar-refractivity contribution in [3.8, 4) is 17.0 Å². The molecule has 0 fully saturated rings. The second-order valence-electron chi connectivity index (χ2n) is 4.53. The van der Waals surface area contributed by atoms with Gasteiger partial charge in [-0.2, -0.15) is 0 Å². The number of aromatic nitrogens is 3.